The molecule has 0 spiro atoms. The maximum absolute atomic E-state index is 12.4. The van der Waals surface area contributed by atoms with Gasteiger partial charge in [-0.2, -0.15) is 0 Å². The number of carbonyl (C=O) groups is 1. The van der Waals surface area contributed by atoms with Crippen LogP contribution < -0.4 is 4.74 Å². The summed E-state index contributed by atoms with van der Waals surface area (Å²) in [4.78, 5) is 14.1. The zero-order valence-corrected chi connectivity index (χ0v) is 13.7. The van der Waals surface area contributed by atoms with Gasteiger partial charge in [-0.1, -0.05) is 42.5 Å². The molecule has 0 bridgehead atoms. The summed E-state index contributed by atoms with van der Waals surface area (Å²) in [5.41, 5.74) is 3.35. The summed E-state index contributed by atoms with van der Waals surface area (Å²) in [6, 6.07) is 15.8. The quantitative estimate of drug-likeness (QED) is 0.841. The molecule has 0 saturated carbocycles. The van der Waals surface area contributed by atoms with Crippen molar-refractivity contribution in [1.82, 2.24) is 4.90 Å². The Balaban J connectivity index is 2.01. The van der Waals surface area contributed by atoms with Gasteiger partial charge in [-0.15, -0.1) is 0 Å². The van der Waals surface area contributed by atoms with Gasteiger partial charge in [0, 0.05) is 13.6 Å². The third-order valence-electron chi connectivity index (χ3n) is 3.85. The molecule has 0 aliphatic carbocycles. The van der Waals surface area contributed by atoms with E-state index in [2.05, 4.69) is 0 Å². The van der Waals surface area contributed by atoms with Crippen molar-refractivity contribution in [3.05, 3.63) is 65.2 Å². The van der Waals surface area contributed by atoms with Crippen molar-refractivity contribution in [3.8, 4) is 5.75 Å². The van der Waals surface area contributed by atoms with E-state index in [-0.39, 0.29) is 5.91 Å². The zero-order valence-electron chi connectivity index (χ0n) is 13.7. The van der Waals surface area contributed by atoms with Crippen LogP contribution in [0.25, 0.3) is 0 Å². The van der Waals surface area contributed by atoms with E-state index in [0.717, 1.165) is 22.4 Å². The number of amides is 1. The Morgan fingerprint density at radius 2 is 1.77 bits per heavy atom. The molecule has 1 amide bonds. The van der Waals surface area contributed by atoms with Crippen LogP contribution >= 0.6 is 0 Å². The lowest BCUT2D eigenvalue weighted by atomic mass is 10.1. The maximum atomic E-state index is 12.4. The molecule has 2 rings (SSSR count). The zero-order chi connectivity index (χ0) is 16.1. The molecule has 0 aliphatic rings. The van der Waals surface area contributed by atoms with E-state index >= 15 is 0 Å². The Morgan fingerprint density at radius 1 is 1.09 bits per heavy atom. The summed E-state index contributed by atoms with van der Waals surface area (Å²) >= 11 is 0. The average molecular weight is 297 g/mol. The molecule has 0 saturated heterocycles. The van der Waals surface area contributed by atoms with Crippen molar-refractivity contribution in [2.75, 3.05) is 7.05 Å². The molecule has 0 fully saturated rings. The van der Waals surface area contributed by atoms with E-state index in [1.54, 1.807) is 18.9 Å². The normalized spacial score (nSPS) is 11.8. The number of nitrogens with zero attached hydrogens (tertiary/aromatic N) is 1. The first-order valence-electron chi connectivity index (χ1n) is 7.51. The molecule has 0 heterocycles. The summed E-state index contributed by atoms with van der Waals surface area (Å²) in [6.07, 6.45) is -0.505. The van der Waals surface area contributed by atoms with Crippen LogP contribution in [0.1, 0.15) is 23.6 Å². The number of benzene rings is 2. The molecular weight excluding hydrogens is 274 g/mol. The standard InChI is InChI=1S/C19H23NO2/c1-14-9-8-12-18(15(14)2)22-16(3)19(21)20(4)13-17-10-6-5-7-11-17/h5-12,16H,13H2,1-4H3/t16-/m1/s1. The van der Waals surface area contributed by atoms with Crippen molar-refractivity contribution < 1.29 is 9.53 Å². The summed E-state index contributed by atoms with van der Waals surface area (Å²) in [5, 5.41) is 0. The lowest BCUT2D eigenvalue weighted by Crippen LogP contribution is -2.37. The molecule has 3 heteroatoms. The van der Waals surface area contributed by atoms with E-state index < -0.39 is 6.10 Å². The SMILES string of the molecule is Cc1cccc(O[C@H](C)C(=O)N(C)Cc2ccccc2)c1C. The van der Waals surface area contributed by atoms with Crippen LogP contribution in [0.5, 0.6) is 5.75 Å². The van der Waals surface area contributed by atoms with Gasteiger partial charge in [-0.05, 0) is 43.5 Å². The minimum absolute atomic E-state index is 0.0234. The van der Waals surface area contributed by atoms with Gasteiger partial charge in [0.15, 0.2) is 6.10 Å². The van der Waals surface area contributed by atoms with Gasteiger partial charge in [0.05, 0.1) is 0 Å². The first-order chi connectivity index (χ1) is 10.5. The van der Waals surface area contributed by atoms with Crippen molar-refractivity contribution in [2.45, 2.75) is 33.4 Å². The van der Waals surface area contributed by atoms with Crippen LogP contribution in [0.15, 0.2) is 48.5 Å². The minimum atomic E-state index is -0.505. The van der Waals surface area contributed by atoms with Crippen molar-refractivity contribution in [3.63, 3.8) is 0 Å². The highest BCUT2D eigenvalue weighted by atomic mass is 16.5. The van der Waals surface area contributed by atoms with E-state index in [1.165, 1.54) is 0 Å². The predicted octanol–water partition coefficient (Wildman–Crippen LogP) is 3.73. The number of aryl methyl sites for hydroxylation is 1. The minimum Gasteiger partial charge on any atom is -0.481 e. The highest BCUT2D eigenvalue weighted by molar-refractivity contribution is 5.80. The fourth-order valence-corrected chi connectivity index (χ4v) is 2.34. The molecule has 22 heavy (non-hydrogen) atoms. The van der Waals surface area contributed by atoms with Crippen molar-refractivity contribution in [1.29, 1.82) is 0 Å². The second kappa shape index (κ2) is 7.12. The Labute approximate surface area is 132 Å². The van der Waals surface area contributed by atoms with E-state index in [4.69, 9.17) is 4.74 Å². The fourth-order valence-electron chi connectivity index (χ4n) is 2.34. The average Bonchev–Trinajstić information content (AvgIpc) is 2.52. The fraction of sp³-hybridized carbons (Fsp3) is 0.316. The lowest BCUT2D eigenvalue weighted by molar-refractivity contribution is -0.137. The first-order valence-corrected chi connectivity index (χ1v) is 7.51. The first kappa shape index (κ1) is 16.1. The van der Waals surface area contributed by atoms with Crippen LogP contribution in [0.3, 0.4) is 0 Å². The van der Waals surface area contributed by atoms with E-state index in [1.807, 2.05) is 62.4 Å². The molecule has 0 unspecified atom stereocenters. The van der Waals surface area contributed by atoms with Gasteiger partial charge in [0.25, 0.3) is 5.91 Å². The molecular formula is C19H23NO2. The number of hydrogen-bond donors (Lipinski definition) is 0. The Hall–Kier alpha value is -2.29. The summed E-state index contributed by atoms with van der Waals surface area (Å²) in [6.45, 7) is 6.43. The van der Waals surface area contributed by atoms with Crippen molar-refractivity contribution >= 4 is 5.91 Å². The Kier molecular flexibility index (Phi) is 5.21. The van der Waals surface area contributed by atoms with Crippen molar-refractivity contribution in [2.24, 2.45) is 0 Å². The maximum Gasteiger partial charge on any atom is 0.263 e. The smallest absolute Gasteiger partial charge is 0.263 e. The topological polar surface area (TPSA) is 29.5 Å². The molecule has 0 radical (unpaired) electrons. The van der Waals surface area contributed by atoms with Gasteiger partial charge < -0.3 is 9.64 Å². The summed E-state index contributed by atoms with van der Waals surface area (Å²) in [5.74, 6) is 0.749. The number of carbonyl (C=O) groups excluding carboxylic acids is 1. The third-order valence-corrected chi connectivity index (χ3v) is 3.85. The summed E-state index contributed by atoms with van der Waals surface area (Å²) < 4.78 is 5.86. The van der Waals surface area contributed by atoms with Gasteiger partial charge in [0.2, 0.25) is 0 Å². The Morgan fingerprint density at radius 3 is 2.45 bits per heavy atom. The lowest BCUT2D eigenvalue weighted by Gasteiger charge is -2.23. The van der Waals surface area contributed by atoms with Crippen LogP contribution in [0.4, 0.5) is 0 Å². The molecule has 0 aromatic heterocycles. The molecule has 116 valence electrons. The number of hydrogen-bond acceptors (Lipinski definition) is 2. The van der Waals surface area contributed by atoms with Crippen LogP contribution in [-0.4, -0.2) is 24.0 Å². The monoisotopic (exact) mass is 297 g/mol. The predicted molar refractivity (Wildman–Crippen MR) is 88.9 cm³/mol. The van der Waals surface area contributed by atoms with E-state index in [0.29, 0.717) is 6.54 Å². The molecule has 3 nitrogen and oxygen atoms in total. The van der Waals surface area contributed by atoms with Gasteiger partial charge in [-0.25, -0.2) is 0 Å². The molecule has 1 atom stereocenters. The van der Waals surface area contributed by atoms with Crippen LogP contribution in [-0.2, 0) is 11.3 Å². The van der Waals surface area contributed by atoms with Crippen LogP contribution in [0, 0.1) is 13.8 Å². The highest BCUT2D eigenvalue weighted by Gasteiger charge is 2.20. The Bertz CT molecular complexity index is 637. The number of rotatable bonds is 5. The molecule has 2 aromatic carbocycles. The second-order valence-corrected chi connectivity index (χ2v) is 5.64. The number of ether oxygens (including phenoxy) is 1. The second-order valence-electron chi connectivity index (χ2n) is 5.64. The molecule has 2 aromatic rings. The van der Waals surface area contributed by atoms with E-state index in [9.17, 15) is 4.79 Å². The van der Waals surface area contributed by atoms with Gasteiger partial charge in [0.1, 0.15) is 5.75 Å². The molecule has 0 aliphatic heterocycles. The van der Waals surface area contributed by atoms with Crippen LogP contribution in [0.2, 0.25) is 0 Å². The largest absolute Gasteiger partial charge is 0.481 e. The number of likely N-dealkylation sites (N-methyl/N-ethyl adjacent to an activating group) is 1. The highest BCUT2D eigenvalue weighted by Crippen LogP contribution is 2.22. The third kappa shape index (κ3) is 3.88. The van der Waals surface area contributed by atoms with Gasteiger partial charge in [-0.3, -0.25) is 4.79 Å². The van der Waals surface area contributed by atoms with Gasteiger partial charge >= 0.3 is 0 Å². The molecule has 0 N–H and O–H groups in total. The summed E-state index contributed by atoms with van der Waals surface area (Å²) in [7, 11) is 1.80.